The number of hydrogen-bond acceptors (Lipinski definition) is 4. The van der Waals surface area contributed by atoms with Crippen LogP contribution in [0.25, 0.3) is 22.4 Å². The third-order valence-corrected chi connectivity index (χ3v) is 7.22. The lowest BCUT2D eigenvalue weighted by Gasteiger charge is -2.41. The predicted octanol–water partition coefficient (Wildman–Crippen LogP) is 9.54. The second-order valence-corrected chi connectivity index (χ2v) is 9.60. The molecule has 7 rings (SSSR count). The third kappa shape index (κ3) is 3.98. The fourth-order valence-electron chi connectivity index (χ4n) is 5.48. The number of anilines is 6. The van der Waals surface area contributed by atoms with Crippen LogP contribution in [0, 0.1) is 11.3 Å². The van der Waals surface area contributed by atoms with E-state index in [9.17, 15) is 5.26 Å². The summed E-state index contributed by atoms with van der Waals surface area (Å²) in [6.07, 6.45) is 0. The summed E-state index contributed by atoms with van der Waals surface area (Å²) >= 11 is 0. The number of hydrogen-bond donors (Lipinski definition) is 0. The Kier molecular flexibility index (Phi) is 5.81. The van der Waals surface area contributed by atoms with Crippen LogP contribution in [-0.2, 0) is 0 Å². The molecule has 0 atom stereocenters. The average molecular weight is 513 g/mol. The maximum absolute atomic E-state index is 9.35. The van der Waals surface area contributed by atoms with Gasteiger partial charge in [-0.2, -0.15) is 5.26 Å². The van der Waals surface area contributed by atoms with E-state index < -0.39 is 0 Å². The highest BCUT2D eigenvalue weighted by molar-refractivity contribution is 6.03. The van der Waals surface area contributed by atoms with Crippen LogP contribution in [0.15, 0.2) is 146 Å². The Bertz CT molecular complexity index is 1840. The van der Waals surface area contributed by atoms with E-state index in [2.05, 4.69) is 136 Å². The van der Waals surface area contributed by atoms with Gasteiger partial charge in [-0.3, -0.25) is 0 Å². The van der Waals surface area contributed by atoms with Gasteiger partial charge in [0.1, 0.15) is 11.8 Å². The van der Waals surface area contributed by atoms with Gasteiger partial charge in [-0.25, -0.2) is 4.98 Å². The van der Waals surface area contributed by atoms with Crippen molar-refractivity contribution in [2.75, 3.05) is 9.80 Å². The van der Waals surface area contributed by atoms with Gasteiger partial charge in [0, 0.05) is 16.8 Å². The van der Waals surface area contributed by atoms with Crippen molar-refractivity contribution in [2.24, 2.45) is 0 Å². The van der Waals surface area contributed by atoms with Gasteiger partial charge in [0.05, 0.1) is 34.1 Å². The smallest absolute Gasteiger partial charge is 0.141 e. The maximum atomic E-state index is 9.35. The molecule has 1 aliphatic heterocycles. The SMILES string of the molecule is N#Cc1cccc(-c2cccc(-c3ccccc3N3c4ccccc4N(c4ccccc4)c4ccccc43)c2)n1. The highest BCUT2D eigenvalue weighted by Gasteiger charge is 2.31. The van der Waals surface area contributed by atoms with E-state index in [1.165, 1.54) is 0 Å². The van der Waals surface area contributed by atoms with Crippen LogP contribution in [0.5, 0.6) is 0 Å². The van der Waals surface area contributed by atoms with Crippen LogP contribution in [0.1, 0.15) is 5.69 Å². The predicted molar refractivity (Wildman–Crippen MR) is 163 cm³/mol. The molecule has 2 heterocycles. The Morgan fingerprint density at radius 3 is 1.70 bits per heavy atom. The number of para-hydroxylation sites is 6. The first-order chi connectivity index (χ1) is 19.8. The zero-order chi connectivity index (χ0) is 26.9. The molecule has 5 aromatic carbocycles. The first kappa shape index (κ1) is 23.5. The lowest BCUT2D eigenvalue weighted by atomic mass is 9.97. The van der Waals surface area contributed by atoms with Crippen LogP contribution in [0.4, 0.5) is 34.1 Å². The summed E-state index contributed by atoms with van der Waals surface area (Å²) in [6.45, 7) is 0. The summed E-state index contributed by atoms with van der Waals surface area (Å²) in [7, 11) is 0. The van der Waals surface area contributed by atoms with Gasteiger partial charge in [-0.05, 0) is 66.2 Å². The van der Waals surface area contributed by atoms with Gasteiger partial charge in [-0.1, -0.05) is 84.9 Å². The van der Waals surface area contributed by atoms with E-state index in [-0.39, 0.29) is 0 Å². The molecule has 188 valence electrons. The van der Waals surface area contributed by atoms with E-state index in [0.29, 0.717) is 5.69 Å². The number of nitrogens with zero attached hydrogens (tertiary/aromatic N) is 4. The molecular weight excluding hydrogens is 488 g/mol. The maximum Gasteiger partial charge on any atom is 0.141 e. The van der Waals surface area contributed by atoms with Gasteiger partial charge in [-0.15, -0.1) is 0 Å². The molecular formula is C36H24N4. The van der Waals surface area contributed by atoms with Crippen molar-refractivity contribution in [3.8, 4) is 28.5 Å². The molecule has 0 amide bonds. The quantitative estimate of drug-likeness (QED) is 0.235. The molecule has 0 aliphatic carbocycles. The molecule has 4 heteroatoms. The number of nitriles is 1. The van der Waals surface area contributed by atoms with Gasteiger partial charge in [0.15, 0.2) is 0 Å². The highest BCUT2D eigenvalue weighted by Crippen LogP contribution is 2.55. The van der Waals surface area contributed by atoms with E-state index in [0.717, 1.165) is 56.5 Å². The molecule has 4 nitrogen and oxygen atoms in total. The third-order valence-electron chi connectivity index (χ3n) is 7.22. The van der Waals surface area contributed by atoms with E-state index in [4.69, 9.17) is 0 Å². The molecule has 0 spiro atoms. The number of benzene rings is 5. The lowest BCUT2D eigenvalue weighted by Crippen LogP contribution is -2.24. The summed E-state index contributed by atoms with van der Waals surface area (Å²) < 4.78 is 0. The minimum Gasteiger partial charge on any atom is -0.306 e. The van der Waals surface area contributed by atoms with E-state index in [1.807, 2.05) is 24.3 Å². The molecule has 0 N–H and O–H groups in total. The molecule has 1 aromatic heterocycles. The van der Waals surface area contributed by atoms with Crippen LogP contribution in [0.3, 0.4) is 0 Å². The Balaban J connectivity index is 1.41. The van der Waals surface area contributed by atoms with Gasteiger partial charge < -0.3 is 9.80 Å². The molecule has 0 bridgehead atoms. The first-order valence-electron chi connectivity index (χ1n) is 13.2. The Morgan fingerprint density at radius 1 is 0.475 bits per heavy atom. The first-order valence-corrected chi connectivity index (χ1v) is 13.2. The van der Waals surface area contributed by atoms with Crippen LogP contribution < -0.4 is 9.80 Å². The number of aromatic nitrogens is 1. The number of rotatable bonds is 4. The summed E-state index contributed by atoms with van der Waals surface area (Å²) in [5.74, 6) is 0. The molecule has 0 saturated carbocycles. The van der Waals surface area contributed by atoms with Crippen LogP contribution >= 0.6 is 0 Å². The minimum absolute atomic E-state index is 0.410. The molecule has 0 fully saturated rings. The van der Waals surface area contributed by atoms with Crippen molar-refractivity contribution in [2.45, 2.75) is 0 Å². The largest absolute Gasteiger partial charge is 0.306 e. The topological polar surface area (TPSA) is 43.2 Å². The zero-order valence-corrected chi connectivity index (χ0v) is 21.6. The monoisotopic (exact) mass is 512 g/mol. The van der Waals surface area contributed by atoms with Gasteiger partial charge in [0.2, 0.25) is 0 Å². The second-order valence-electron chi connectivity index (χ2n) is 9.60. The van der Waals surface area contributed by atoms with Gasteiger partial charge >= 0.3 is 0 Å². The summed E-state index contributed by atoms with van der Waals surface area (Å²) in [6, 6.07) is 52.2. The van der Waals surface area contributed by atoms with Gasteiger partial charge in [0.25, 0.3) is 0 Å². The van der Waals surface area contributed by atoms with Crippen molar-refractivity contribution in [3.05, 3.63) is 151 Å². The van der Waals surface area contributed by atoms with E-state index >= 15 is 0 Å². The molecule has 0 saturated heterocycles. The Labute approximate surface area is 233 Å². The summed E-state index contributed by atoms with van der Waals surface area (Å²) in [5, 5.41) is 9.35. The molecule has 0 unspecified atom stereocenters. The van der Waals surface area contributed by atoms with Crippen molar-refractivity contribution in [3.63, 3.8) is 0 Å². The summed E-state index contributed by atoms with van der Waals surface area (Å²) in [5.41, 5.74) is 11.0. The van der Waals surface area contributed by atoms with Crippen molar-refractivity contribution < 1.29 is 0 Å². The highest BCUT2D eigenvalue weighted by atomic mass is 15.3. The van der Waals surface area contributed by atoms with Crippen LogP contribution in [-0.4, -0.2) is 4.98 Å². The average Bonchev–Trinajstić information content (AvgIpc) is 3.04. The molecule has 0 radical (unpaired) electrons. The number of fused-ring (bicyclic) bond motifs is 2. The standard InChI is InChI=1S/C36H24N4/c37-25-28-14-11-18-31(38-28)27-13-10-12-26(24-27)30-17-4-5-19-32(30)40-35-22-8-6-20-33(35)39(29-15-2-1-3-16-29)34-21-7-9-23-36(34)40/h1-24H. The van der Waals surface area contributed by atoms with Crippen LogP contribution in [0.2, 0.25) is 0 Å². The fraction of sp³-hybridized carbons (Fsp3) is 0. The molecule has 40 heavy (non-hydrogen) atoms. The minimum atomic E-state index is 0.410. The van der Waals surface area contributed by atoms with E-state index in [1.54, 1.807) is 6.07 Å². The Morgan fingerprint density at radius 2 is 1.02 bits per heavy atom. The fourth-order valence-corrected chi connectivity index (χ4v) is 5.48. The summed E-state index contributed by atoms with van der Waals surface area (Å²) in [4.78, 5) is 9.22. The van der Waals surface area contributed by atoms with Crippen molar-refractivity contribution in [1.29, 1.82) is 5.26 Å². The molecule has 1 aliphatic rings. The lowest BCUT2D eigenvalue weighted by molar-refractivity contribution is 1.17. The van der Waals surface area contributed by atoms with Crippen molar-refractivity contribution >= 4 is 34.1 Å². The Hall–Kier alpha value is -5.66. The normalized spacial score (nSPS) is 11.9. The zero-order valence-electron chi connectivity index (χ0n) is 21.6. The number of pyridine rings is 1. The molecule has 6 aromatic rings. The van der Waals surface area contributed by atoms with Crippen molar-refractivity contribution in [1.82, 2.24) is 4.98 Å². The second kappa shape index (κ2) is 9.90.